The first kappa shape index (κ1) is 8.19. The van der Waals surface area contributed by atoms with Gasteiger partial charge in [0.1, 0.15) is 0 Å². The van der Waals surface area contributed by atoms with Crippen LogP contribution in [0.25, 0.3) is 0 Å². The zero-order valence-corrected chi connectivity index (χ0v) is 7.06. The Hall–Kier alpha value is -0.911. The average molecular weight is 218 g/mol. The van der Waals surface area contributed by atoms with Crippen molar-refractivity contribution in [1.82, 2.24) is 0 Å². The molecule has 0 atom stereocenters. The maximum absolute atomic E-state index is 12.7. The molecule has 0 unspecified atom stereocenters. The van der Waals surface area contributed by atoms with E-state index < -0.39 is 26.6 Å². The summed E-state index contributed by atoms with van der Waals surface area (Å²) in [7, 11) is 0. The van der Waals surface area contributed by atoms with E-state index in [1.165, 1.54) is 6.07 Å². The van der Waals surface area contributed by atoms with Gasteiger partial charge in [-0.3, -0.25) is 0 Å². The fraction of sp³-hybridized carbons (Fsp3) is 0. The van der Waals surface area contributed by atoms with Crippen molar-refractivity contribution in [3.8, 4) is 4.97 Å². The van der Waals surface area contributed by atoms with Crippen LogP contribution in [0.15, 0.2) is 18.2 Å². The molecule has 0 aliphatic heterocycles. The van der Waals surface area contributed by atoms with Crippen molar-refractivity contribution in [3.63, 3.8) is 0 Å². The van der Waals surface area contributed by atoms with E-state index in [4.69, 9.17) is 5.26 Å². The van der Waals surface area contributed by atoms with Gasteiger partial charge in [0, 0.05) is 0 Å². The summed E-state index contributed by atoms with van der Waals surface area (Å²) in [6.45, 7) is 0. The van der Waals surface area contributed by atoms with Crippen LogP contribution < -0.4 is 4.46 Å². The number of rotatable bonds is 1. The summed E-state index contributed by atoms with van der Waals surface area (Å²) >= 11 is -0.544. The second-order valence-corrected chi connectivity index (χ2v) is 3.50. The number of nitriles is 1. The van der Waals surface area contributed by atoms with Gasteiger partial charge in [-0.05, 0) is 0 Å². The minimum atomic E-state index is -0.633. The molecule has 1 rings (SSSR count). The molecule has 0 N–H and O–H groups in total. The van der Waals surface area contributed by atoms with Crippen LogP contribution in [0, 0.1) is 21.9 Å². The summed E-state index contributed by atoms with van der Waals surface area (Å²) in [5.74, 6) is -1.24. The molecule has 0 bridgehead atoms. The molecule has 11 heavy (non-hydrogen) atoms. The Labute approximate surface area is 68.8 Å². The Kier molecular flexibility index (Phi) is 2.58. The molecule has 0 spiro atoms. The molecular formula is C7H3F2NSe. The van der Waals surface area contributed by atoms with Gasteiger partial charge in [0.15, 0.2) is 0 Å². The van der Waals surface area contributed by atoms with E-state index in [1.54, 1.807) is 0 Å². The van der Waals surface area contributed by atoms with Crippen molar-refractivity contribution in [2.45, 2.75) is 0 Å². The SMILES string of the molecule is N#C[Se]c1ccc(F)cc1F. The van der Waals surface area contributed by atoms with Gasteiger partial charge < -0.3 is 0 Å². The van der Waals surface area contributed by atoms with Crippen LogP contribution in [0.1, 0.15) is 0 Å². The van der Waals surface area contributed by atoms with Gasteiger partial charge in [0.05, 0.1) is 0 Å². The molecule has 1 aromatic carbocycles. The molecule has 0 saturated heterocycles. The van der Waals surface area contributed by atoms with Crippen molar-refractivity contribution in [2.24, 2.45) is 0 Å². The molecule has 0 radical (unpaired) electrons. The first-order valence-electron chi connectivity index (χ1n) is 2.75. The van der Waals surface area contributed by atoms with E-state index in [9.17, 15) is 8.78 Å². The van der Waals surface area contributed by atoms with Crippen molar-refractivity contribution in [2.75, 3.05) is 0 Å². The molecule has 0 aliphatic rings. The standard InChI is InChI=1S/C7H3F2NSe/c8-5-1-2-7(11-4-10)6(9)3-5/h1-3H. The number of halogens is 2. The van der Waals surface area contributed by atoms with Crippen LogP contribution in [0.3, 0.4) is 0 Å². The Balaban J connectivity index is 3.01. The van der Waals surface area contributed by atoms with Gasteiger partial charge in [-0.1, -0.05) is 0 Å². The quantitative estimate of drug-likeness (QED) is 0.639. The van der Waals surface area contributed by atoms with E-state index >= 15 is 0 Å². The van der Waals surface area contributed by atoms with E-state index in [2.05, 4.69) is 0 Å². The van der Waals surface area contributed by atoms with Gasteiger partial charge in [-0.2, -0.15) is 0 Å². The maximum atomic E-state index is 12.7. The third-order valence-corrected chi connectivity index (χ3v) is 2.40. The molecule has 1 aromatic rings. The number of hydrogen-bond donors (Lipinski definition) is 0. The molecular weight excluding hydrogens is 215 g/mol. The van der Waals surface area contributed by atoms with Crippen molar-refractivity contribution in [3.05, 3.63) is 29.8 Å². The Bertz CT molecular complexity index is 306. The normalized spacial score (nSPS) is 9.18. The Morgan fingerprint density at radius 3 is 2.64 bits per heavy atom. The van der Waals surface area contributed by atoms with Crippen LogP contribution in [0.2, 0.25) is 0 Å². The number of nitrogens with zero attached hydrogens (tertiary/aromatic N) is 1. The van der Waals surface area contributed by atoms with Gasteiger partial charge in [-0.25, -0.2) is 0 Å². The second-order valence-electron chi connectivity index (χ2n) is 1.77. The number of benzene rings is 1. The monoisotopic (exact) mass is 219 g/mol. The summed E-state index contributed by atoms with van der Waals surface area (Å²) in [5, 5.41) is 8.23. The van der Waals surface area contributed by atoms with Crippen LogP contribution in [0.5, 0.6) is 0 Å². The third-order valence-electron chi connectivity index (χ3n) is 1.05. The molecule has 4 heteroatoms. The second kappa shape index (κ2) is 3.47. The fourth-order valence-corrected chi connectivity index (χ4v) is 1.43. The third kappa shape index (κ3) is 2.01. The molecule has 0 saturated carbocycles. The zero-order valence-electron chi connectivity index (χ0n) is 5.34. The average Bonchev–Trinajstić information content (AvgIpc) is 1.95. The predicted octanol–water partition coefficient (Wildman–Crippen LogP) is 0.775. The van der Waals surface area contributed by atoms with E-state index in [0.717, 1.165) is 12.1 Å². The van der Waals surface area contributed by atoms with Crippen LogP contribution >= 0.6 is 0 Å². The molecule has 0 amide bonds. The van der Waals surface area contributed by atoms with E-state index in [-0.39, 0.29) is 0 Å². The van der Waals surface area contributed by atoms with Gasteiger partial charge in [0.25, 0.3) is 0 Å². The van der Waals surface area contributed by atoms with Crippen LogP contribution in [0.4, 0.5) is 8.78 Å². The van der Waals surface area contributed by atoms with Crippen molar-refractivity contribution in [1.29, 1.82) is 5.26 Å². The van der Waals surface area contributed by atoms with Crippen LogP contribution in [-0.2, 0) is 0 Å². The Morgan fingerprint density at radius 2 is 2.09 bits per heavy atom. The van der Waals surface area contributed by atoms with E-state index in [0.29, 0.717) is 4.46 Å². The zero-order chi connectivity index (χ0) is 8.27. The van der Waals surface area contributed by atoms with Gasteiger partial charge >= 0.3 is 68.3 Å². The number of hydrogen-bond acceptors (Lipinski definition) is 1. The summed E-state index contributed by atoms with van der Waals surface area (Å²) in [6, 6.07) is 3.24. The molecule has 0 heterocycles. The molecule has 0 aliphatic carbocycles. The molecule has 1 nitrogen and oxygen atoms in total. The predicted molar refractivity (Wildman–Crippen MR) is 37.4 cm³/mol. The topological polar surface area (TPSA) is 23.8 Å². The summed E-state index contributed by atoms with van der Waals surface area (Å²) in [4.78, 5) is 1.84. The molecule has 0 fully saturated rings. The van der Waals surface area contributed by atoms with E-state index in [1.807, 2.05) is 4.97 Å². The van der Waals surface area contributed by atoms with Gasteiger partial charge in [0.2, 0.25) is 0 Å². The molecule has 56 valence electrons. The van der Waals surface area contributed by atoms with Crippen molar-refractivity contribution < 1.29 is 8.78 Å². The van der Waals surface area contributed by atoms with Crippen LogP contribution in [-0.4, -0.2) is 15.0 Å². The summed E-state index contributed by atoms with van der Waals surface area (Å²) in [5.41, 5.74) is 0. The first-order valence-corrected chi connectivity index (χ1v) is 4.46. The van der Waals surface area contributed by atoms with Crippen molar-refractivity contribution >= 4 is 19.4 Å². The Morgan fingerprint density at radius 1 is 1.36 bits per heavy atom. The summed E-state index contributed by atoms with van der Waals surface area (Å²) < 4.78 is 25.2. The molecule has 0 aromatic heterocycles. The fourth-order valence-electron chi connectivity index (χ4n) is 0.607. The minimum absolute atomic E-state index is 0.293. The first-order chi connectivity index (χ1) is 5.24. The van der Waals surface area contributed by atoms with Gasteiger partial charge in [-0.15, -0.1) is 0 Å². The summed E-state index contributed by atoms with van der Waals surface area (Å²) in [6.07, 6.45) is 0.